The monoisotopic (exact) mass is 138 g/mol. The van der Waals surface area contributed by atoms with Crippen LogP contribution < -0.4 is 5.73 Å². The van der Waals surface area contributed by atoms with Gasteiger partial charge in [0.1, 0.15) is 0 Å². The van der Waals surface area contributed by atoms with Crippen LogP contribution in [0, 0.1) is 5.95 Å². The maximum absolute atomic E-state index is 12.3. The Bertz CT molecular complexity index is 258. The summed E-state index contributed by atoms with van der Waals surface area (Å²) in [4.78, 5) is 3.39. The molecule has 0 saturated carbocycles. The second kappa shape index (κ2) is 2.47. The molecule has 0 amide bonds. The molecule has 2 N–H and O–H groups in total. The molecule has 3 heteroatoms. The Kier molecular flexibility index (Phi) is 1.67. The maximum atomic E-state index is 12.3. The van der Waals surface area contributed by atoms with Crippen molar-refractivity contribution in [1.29, 1.82) is 0 Å². The quantitative estimate of drug-likeness (QED) is 0.596. The molecule has 1 aromatic rings. The number of pyridine rings is 1. The Balaban J connectivity index is 3.19. The van der Waals surface area contributed by atoms with Gasteiger partial charge in [-0.05, 0) is 0 Å². The Morgan fingerprint density at radius 2 is 2.40 bits per heavy atom. The van der Waals surface area contributed by atoms with Crippen LogP contribution in [-0.4, -0.2) is 4.98 Å². The molecule has 0 aliphatic rings. The molecular weight excluding hydrogens is 131 g/mol. The van der Waals surface area contributed by atoms with Crippen LogP contribution >= 0.6 is 0 Å². The van der Waals surface area contributed by atoms with Crippen LogP contribution in [0.4, 0.5) is 10.1 Å². The Morgan fingerprint density at radius 3 is 2.90 bits per heavy atom. The van der Waals surface area contributed by atoms with Gasteiger partial charge in [-0.15, -0.1) is 0 Å². The van der Waals surface area contributed by atoms with Crippen molar-refractivity contribution < 1.29 is 4.39 Å². The van der Waals surface area contributed by atoms with E-state index in [1.54, 1.807) is 0 Å². The lowest BCUT2D eigenvalue weighted by Crippen LogP contribution is -1.92. The van der Waals surface area contributed by atoms with Crippen LogP contribution in [0.1, 0.15) is 5.56 Å². The van der Waals surface area contributed by atoms with Crippen molar-refractivity contribution in [3.05, 3.63) is 30.4 Å². The largest absolute Gasteiger partial charge is 0.398 e. The summed E-state index contributed by atoms with van der Waals surface area (Å²) in [6, 6.07) is 1.16. The number of halogens is 1. The molecule has 1 heterocycles. The van der Waals surface area contributed by atoms with E-state index >= 15 is 0 Å². The van der Waals surface area contributed by atoms with E-state index in [0.29, 0.717) is 11.3 Å². The topological polar surface area (TPSA) is 38.9 Å². The van der Waals surface area contributed by atoms with Crippen molar-refractivity contribution in [2.75, 3.05) is 5.73 Å². The summed E-state index contributed by atoms with van der Waals surface area (Å²) in [5, 5.41) is 0. The van der Waals surface area contributed by atoms with Crippen LogP contribution in [0.25, 0.3) is 6.08 Å². The molecule has 0 atom stereocenters. The number of anilines is 1. The molecule has 0 bridgehead atoms. The van der Waals surface area contributed by atoms with Gasteiger partial charge in [-0.1, -0.05) is 12.7 Å². The number of nitrogens with zero attached hydrogens (tertiary/aromatic N) is 1. The fourth-order valence-corrected chi connectivity index (χ4v) is 0.625. The first kappa shape index (κ1) is 6.74. The first-order valence-corrected chi connectivity index (χ1v) is 2.77. The fourth-order valence-electron chi connectivity index (χ4n) is 0.625. The number of aromatic nitrogens is 1. The van der Waals surface area contributed by atoms with E-state index < -0.39 is 5.95 Å². The summed E-state index contributed by atoms with van der Waals surface area (Å²) in [5.74, 6) is -0.567. The van der Waals surface area contributed by atoms with E-state index in [4.69, 9.17) is 5.73 Å². The molecule has 0 aliphatic carbocycles. The highest BCUT2D eigenvalue weighted by Crippen LogP contribution is 2.11. The standard InChI is InChI=1S/C7H7FN2/c1-2-5-4-10-7(8)3-6(5)9/h2-4H,1H2,(H2,9,10). The SMILES string of the molecule is C=Cc1cnc(F)cc1N. The second-order valence-electron chi connectivity index (χ2n) is 1.84. The van der Waals surface area contributed by atoms with Crippen molar-refractivity contribution in [3.8, 4) is 0 Å². The minimum Gasteiger partial charge on any atom is -0.398 e. The average Bonchev–Trinajstić information content (AvgIpc) is 1.88. The lowest BCUT2D eigenvalue weighted by atomic mass is 10.2. The highest BCUT2D eigenvalue weighted by Gasteiger charge is 1.95. The third kappa shape index (κ3) is 1.13. The van der Waals surface area contributed by atoms with Gasteiger partial charge in [0.05, 0.1) is 0 Å². The zero-order valence-corrected chi connectivity index (χ0v) is 5.34. The van der Waals surface area contributed by atoms with E-state index in [1.807, 2.05) is 0 Å². The van der Waals surface area contributed by atoms with Crippen LogP contribution in [0.15, 0.2) is 18.8 Å². The van der Waals surface area contributed by atoms with Gasteiger partial charge in [0, 0.05) is 23.5 Å². The van der Waals surface area contributed by atoms with Crippen LogP contribution in [-0.2, 0) is 0 Å². The number of nitrogens with two attached hydrogens (primary N) is 1. The van der Waals surface area contributed by atoms with Crippen molar-refractivity contribution in [2.24, 2.45) is 0 Å². The average molecular weight is 138 g/mol. The van der Waals surface area contributed by atoms with E-state index in [9.17, 15) is 4.39 Å². The molecule has 0 aromatic carbocycles. The molecular formula is C7H7FN2. The van der Waals surface area contributed by atoms with E-state index in [-0.39, 0.29) is 0 Å². The zero-order valence-electron chi connectivity index (χ0n) is 5.34. The lowest BCUT2D eigenvalue weighted by molar-refractivity contribution is 0.584. The molecule has 0 saturated heterocycles. The van der Waals surface area contributed by atoms with Gasteiger partial charge in [-0.2, -0.15) is 4.39 Å². The number of nitrogen functional groups attached to an aromatic ring is 1. The molecule has 10 heavy (non-hydrogen) atoms. The smallest absolute Gasteiger partial charge is 0.214 e. The van der Waals surface area contributed by atoms with E-state index in [2.05, 4.69) is 11.6 Å². The Hall–Kier alpha value is -1.38. The number of hydrogen-bond acceptors (Lipinski definition) is 2. The number of rotatable bonds is 1. The van der Waals surface area contributed by atoms with Gasteiger partial charge >= 0.3 is 0 Å². The normalized spacial score (nSPS) is 9.30. The van der Waals surface area contributed by atoms with Gasteiger partial charge in [0.2, 0.25) is 5.95 Å². The van der Waals surface area contributed by atoms with E-state index in [1.165, 1.54) is 12.3 Å². The molecule has 0 aliphatic heterocycles. The maximum Gasteiger partial charge on any atom is 0.214 e. The second-order valence-corrected chi connectivity index (χ2v) is 1.84. The van der Waals surface area contributed by atoms with Crippen LogP contribution in [0.3, 0.4) is 0 Å². The zero-order chi connectivity index (χ0) is 7.56. The minimum absolute atomic E-state index is 0.363. The van der Waals surface area contributed by atoms with Gasteiger partial charge < -0.3 is 5.73 Å². The van der Waals surface area contributed by atoms with Crippen molar-refractivity contribution >= 4 is 11.8 Å². The summed E-state index contributed by atoms with van der Waals surface area (Å²) in [6.07, 6.45) is 2.87. The summed E-state index contributed by atoms with van der Waals surface area (Å²) in [6.45, 7) is 3.48. The van der Waals surface area contributed by atoms with Crippen LogP contribution in [0.5, 0.6) is 0 Å². The third-order valence-corrected chi connectivity index (χ3v) is 1.15. The summed E-state index contributed by atoms with van der Waals surface area (Å²) in [5.41, 5.74) is 6.40. The molecule has 2 nitrogen and oxygen atoms in total. The summed E-state index contributed by atoms with van der Waals surface area (Å²) < 4.78 is 12.3. The number of hydrogen-bond donors (Lipinski definition) is 1. The molecule has 0 unspecified atom stereocenters. The lowest BCUT2D eigenvalue weighted by Gasteiger charge is -1.96. The first-order chi connectivity index (χ1) is 4.74. The van der Waals surface area contributed by atoms with Crippen LogP contribution in [0.2, 0.25) is 0 Å². The molecule has 1 aromatic heterocycles. The third-order valence-electron chi connectivity index (χ3n) is 1.15. The van der Waals surface area contributed by atoms with Gasteiger partial charge in [0.25, 0.3) is 0 Å². The molecule has 1 rings (SSSR count). The van der Waals surface area contributed by atoms with Crippen molar-refractivity contribution in [3.63, 3.8) is 0 Å². The van der Waals surface area contributed by atoms with Gasteiger partial charge in [0.15, 0.2) is 0 Å². The van der Waals surface area contributed by atoms with E-state index in [0.717, 1.165) is 6.07 Å². The van der Waals surface area contributed by atoms with Crippen molar-refractivity contribution in [1.82, 2.24) is 4.98 Å². The minimum atomic E-state index is -0.567. The molecule has 0 fully saturated rings. The highest BCUT2D eigenvalue weighted by atomic mass is 19.1. The highest BCUT2D eigenvalue weighted by molar-refractivity contribution is 5.61. The Morgan fingerprint density at radius 1 is 1.70 bits per heavy atom. The summed E-state index contributed by atoms with van der Waals surface area (Å²) >= 11 is 0. The predicted molar refractivity (Wildman–Crippen MR) is 38.7 cm³/mol. The molecule has 0 spiro atoms. The summed E-state index contributed by atoms with van der Waals surface area (Å²) in [7, 11) is 0. The fraction of sp³-hybridized carbons (Fsp3) is 0. The molecule has 52 valence electrons. The molecule has 0 radical (unpaired) electrons. The first-order valence-electron chi connectivity index (χ1n) is 2.77. The van der Waals surface area contributed by atoms with Gasteiger partial charge in [-0.3, -0.25) is 0 Å². The van der Waals surface area contributed by atoms with Gasteiger partial charge in [-0.25, -0.2) is 4.98 Å². The Labute approximate surface area is 58.2 Å². The predicted octanol–water partition coefficient (Wildman–Crippen LogP) is 1.45. The van der Waals surface area contributed by atoms with Crippen molar-refractivity contribution in [2.45, 2.75) is 0 Å².